The van der Waals surface area contributed by atoms with Gasteiger partial charge >= 0.3 is 5.97 Å². The van der Waals surface area contributed by atoms with Gasteiger partial charge in [-0.25, -0.2) is 0 Å². The van der Waals surface area contributed by atoms with Crippen LogP contribution in [0.4, 0.5) is 0 Å². The second-order valence-electron chi connectivity index (χ2n) is 5.82. The predicted octanol–water partition coefficient (Wildman–Crippen LogP) is 3.17. The van der Waals surface area contributed by atoms with Crippen molar-refractivity contribution in [3.63, 3.8) is 0 Å². The Hall–Kier alpha value is -1.35. The van der Waals surface area contributed by atoms with Crippen LogP contribution >= 0.6 is 0 Å². The van der Waals surface area contributed by atoms with Gasteiger partial charge in [-0.15, -0.1) is 0 Å². The summed E-state index contributed by atoms with van der Waals surface area (Å²) in [5, 5.41) is 0. The zero-order chi connectivity index (χ0) is 14.4. The molecule has 1 fully saturated rings. The Morgan fingerprint density at radius 1 is 1.25 bits per heavy atom. The summed E-state index contributed by atoms with van der Waals surface area (Å²) >= 11 is 0. The summed E-state index contributed by atoms with van der Waals surface area (Å²) in [5.74, 6) is 0.498. The molecule has 3 heteroatoms. The average molecular weight is 275 g/mol. The first-order valence-electron chi connectivity index (χ1n) is 7.60. The molecule has 1 atom stereocenters. The summed E-state index contributed by atoms with van der Waals surface area (Å²) in [5.41, 5.74) is 8.61. The Morgan fingerprint density at radius 3 is 2.50 bits per heavy atom. The highest BCUT2D eigenvalue weighted by Gasteiger charge is 2.15. The van der Waals surface area contributed by atoms with Crippen molar-refractivity contribution < 1.29 is 9.53 Å². The van der Waals surface area contributed by atoms with Crippen LogP contribution in [0.15, 0.2) is 24.3 Å². The third-order valence-corrected chi connectivity index (χ3v) is 4.21. The zero-order valence-corrected chi connectivity index (χ0v) is 12.3. The molecule has 2 N–H and O–H groups in total. The van der Waals surface area contributed by atoms with Gasteiger partial charge in [0.1, 0.15) is 0 Å². The van der Waals surface area contributed by atoms with Crippen molar-refractivity contribution in [1.29, 1.82) is 0 Å². The third kappa shape index (κ3) is 4.34. The fourth-order valence-electron chi connectivity index (χ4n) is 3.03. The largest absolute Gasteiger partial charge is 0.469 e. The predicted molar refractivity (Wildman–Crippen MR) is 80.6 cm³/mol. The minimum atomic E-state index is -0.240. The number of ether oxygens (including phenoxy) is 1. The molecule has 1 saturated carbocycles. The fourth-order valence-corrected chi connectivity index (χ4v) is 3.03. The third-order valence-electron chi connectivity index (χ3n) is 4.21. The maximum Gasteiger partial charge on any atom is 0.307 e. The molecular weight excluding hydrogens is 250 g/mol. The van der Waals surface area contributed by atoms with Crippen LogP contribution in [0.2, 0.25) is 0 Å². The van der Waals surface area contributed by atoms with E-state index in [1.165, 1.54) is 50.3 Å². The Kier molecular flexibility index (Phi) is 5.60. The number of hydrogen-bond acceptors (Lipinski definition) is 3. The fraction of sp³-hybridized carbons (Fsp3) is 0.588. The lowest BCUT2D eigenvalue weighted by Gasteiger charge is -2.22. The minimum Gasteiger partial charge on any atom is -0.469 e. The van der Waals surface area contributed by atoms with Crippen LogP contribution in [0.5, 0.6) is 0 Å². The average Bonchev–Trinajstić information content (AvgIpc) is 2.48. The molecule has 0 saturated heterocycles. The van der Waals surface area contributed by atoms with E-state index in [-0.39, 0.29) is 18.4 Å². The molecule has 0 spiro atoms. The van der Waals surface area contributed by atoms with Gasteiger partial charge in [0.05, 0.1) is 13.5 Å². The van der Waals surface area contributed by atoms with E-state index < -0.39 is 0 Å². The summed E-state index contributed by atoms with van der Waals surface area (Å²) in [6, 6.07) is 8.61. The molecule has 2 rings (SSSR count). The van der Waals surface area contributed by atoms with Crippen molar-refractivity contribution in [3.8, 4) is 0 Å². The topological polar surface area (TPSA) is 52.3 Å². The van der Waals surface area contributed by atoms with E-state index >= 15 is 0 Å². The lowest BCUT2D eigenvalue weighted by Crippen LogP contribution is -2.26. The van der Waals surface area contributed by atoms with E-state index in [0.717, 1.165) is 12.3 Å². The molecular formula is C17H25NO2. The van der Waals surface area contributed by atoms with Gasteiger partial charge in [-0.3, -0.25) is 4.79 Å². The zero-order valence-electron chi connectivity index (χ0n) is 12.3. The highest BCUT2D eigenvalue weighted by molar-refractivity contribution is 5.69. The first-order chi connectivity index (χ1) is 9.69. The van der Waals surface area contributed by atoms with Gasteiger partial charge in [0.25, 0.3) is 0 Å². The second kappa shape index (κ2) is 7.44. The molecule has 20 heavy (non-hydrogen) atoms. The molecule has 3 nitrogen and oxygen atoms in total. The van der Waals surface area contributed by atoms with Crippen molar-refractivity contribution in [3.05, 3.63) is 35.4 Å². The monoisotopic (exact) mass is 275 g/mol. The minimum absolute atomic E-state index is 0.164. The van der Waals surface area contributed by atoms with Crippen LogP contribution in [-0.4, -0.2) is 19.1 Å². The van der Waals surface area contributed by atoms with Crippen molar-refractivity contribution in [2.45, 2.75) is 56.9 Å². The number of nitrogens with two attached hydrogens (primary N) is 1. The molecule has 0 bridgehead atoms. The van der Waals surface area contributed by atoms with Gasteiger partial charge < -0.3 is 10.5 Å². The van der Waals surface area contributed by atoms with E-state index in [2.05, 4.69) is 29.0 Å². The van der Waals surface area contributed by atoms with Crippen molar-refractivity contribution in [2.75, 3.05) is 7.11 Å². The molecule has 0 heterocycles. The molecule has 0 radical (unpaired) electrons. The van der Waals surface area contributed by atoms with Gasteiger partial charge in [-0.2, -0.15) is 0 Å². The van der Waals surface area contributed by atoms with Crippen LogP contribution < -0.4 is 5.73 Å². The smallest absolute Gasteiger partial charge is 0.307 e. The number of esters is 1. The van der Waals surface area contributed by atoms with Crippen LogP contribution in [0.25, 0.3) is 0 Å². The van der Waals surface area contributed by atoms with E-state index in [4.69, 9.17) is 5.73 Å². The maximum atomic E-state index is 11.2. The van der Waals surface area contributed by atoms with Crippen molar-refractivity contribution >= 4 is 5.97 Å². The molecule has 110 valence electrons. The molecule has 1 aromatic carbocycles. The number of carbonyl (C=O) groups excluding carboxylic acids is 1. The molecule has 1 aliphatic rings. The second-order valence-corrected chi connectivity index (χ2v) is 5.82. The molecule has 1 unspecified atom stereocenters. The van der Waals surface area contributed by atoms with Crippen molar-refractivity contribution in [1.82, 2.24) is 0 Å². The number of carbonyl (C=O) groups is 1. The highest BCUT2D eigenvalue weighted by Crippen LogP contribution is 2.32. The summed E-state index contributed by atoms with van der Waals surface area (Å²) in [4.78, 5) is 11.2. The molecule has 0 amide bonds. The van der Waals surface area contributed by atoms with Gasteiger partial charge in [0.2, 0.25) is 0 Å². The Bertz CT molecular complexity index is 421. The number of rotatable bonds is 5. The number of benzene rings is 1. The SMILES string of the molecule is COC(=O)CC(N)Cc1ccc(C2CCCCC2)cc1. The van der Waals surface area contributed by atoms with E-state index in [0.29, 0.717) is 0 Å². The van der Waals surface area contributed by atoms with Crippen molar-refractivity contribution in [2.24, 2.45) is 5.73 Å². The molecule has 1 aromatic rings. The molecule has 0 aromatic heterocycles. The Labute approximate surface area is 121 Å². The molecule has 0 aliphatic heterocycles. The van der Waals surface area contributed by atoms with Crippen LogP contribution in [-0.2, 0) is 16.0 Å². The lowest BCUT2D eigenvalue weighted by molar-refractivity contribution is -0.140. The van der Waals surface area contributed by atoms with E-state index in [9.17, 15) is 4.79 Å². The number of hydrogen-bond donors (Lipinski definition) is 1. The van der Waals surface area contributed by atoms with Gasteiger partial charge in [-0.05, 0) is 36.3 Å². The highest BCUT2D eigenvalue weighted by atomic mass is 16.5. The summed E-state index contributed by atoms with van der Waals surface area (Å²) in [6.45, 7) is 0. The summed E-state index contributed by atoms with van der Waals surface area (Å²) < 4.78 is 4.64. The standard InChI is InChI=1S/C17H25NO2/c1-20-17(19)12-16(18)11-13-7-9-15(10-8-13)14-5-3-2-4-6-14/h7-10,14,16H,2-6,11-12,18H2,1H3. The quantitative estimate of drug-likeness (QED) is 0.840. The lowest BCUT2D eigenvalue weighted by atomic mass is 9.84. The number of methoxy groups -OCH3 is 1. The van der Waals surface area contributed by atoms with Gasteiger partial charge in [0, 0.05) is 6.04 Å². The Morgan fingerprint density at radius 2 is 1.90 bits per heavy atom. The van der Waals surface area contributed by atoms with Gasteiger partial charge in [0.15, 0.2) is 0 Å². The summed E-state index contributed by atoms with van der Waals surface area (Å²) in [6.07, 6.45) is 7.74. The normalized spacial score (nSPS) is 17.7. The van der Waals surface area contributed by atoms with Gasteiger partial charge in [-0.1, -0.05) is 43.5 Å². The maximum absolute atomic E-state index is 11.2. The first-order valence-corrected chi connectivity index (χ1v) is 7.60. The first kappa shape index (κ1) is 15.0. The van der Waals surface area contributed by atoms with Crippen LogP contribution in [0, 0.1) is 0 Å². The molecule has 1 aliphatic carbocycles. The Balaban J connectivity index is 1.89. The van der Waals surface area contributed by atoms with E-state index in [1.807, 2.05) is 0 Å². The van der Waals surface area contributed by atoms with E-state index in [1.54, 1.807) is 0 Å². The van der Waals surface area contributed by atoms with Crippen LogP contribution in [0.3, 0.4) is 0 Å². The van der Waals surface area contributed by atoms with Crippen LogP contribution in [0.1, 0.15) is 55.6 Å². The summed E-state index contributed by atoms with van der Waals surface area (Å²) in [7, 11) is 1.40.